The molecule has 2 N–H and O–H groups in total. The number of aliphatic hydroxyl groups excluding tert-OH is 1. The molecular weight excluding hydrogens is 236 g/mol. The van der Waals surface area contributed by atoms with Crippen molar-refractivity contribution in [2.45, 2.75) is 19.9 Å². The predicted molar refractivity (Wildman–Crippen MR) is 64.5 cm³/mol. The number of carboxylic acids is 1. The summed E-state index contributed by atoms with van der Waals surface area (Å²) in [6.07, 6.45) is 1.37. The third-order valence-corrected chi connectivity index (χ3v) is 2.47. The molecule has 1 aromatic heterocycles. The molecule has 0 aliphatic heterocycles. The Hall–Kier alpha value is -1.95. The van der Waals surface area contributed by atoms with E-state index in [1.165, 1.54) is 23.2 Å². The molecule has 6 nitrogen and oxygen atoms in total. The smallest absolute Gasteiger partial charge is 0.338 e. The van der Waals surface area contributed by atoms with Gasteiger partial charge in [0.15, 0.2) is 0 Å². The lowest BCUT2D eigenvalue weighted by molar-refractivity contribution is 0.0630. The van der Waals surface area contributed by atoms with Crippen molar-refractivity contribution in [2.24, 2.45) is 0 Å². The van der Waals surface area contributed by atoms with Gasteiger partial charge < -0.3 is 15.1 Å². The van der Waals surface area contributed by atoms with Gasteiger partial charge in [0.05, 0.1) is 12.2 Å². The average molecular weight is 252 g/mol. The van der Waals surface area contributed by atoms with E-state index < -0.39 is 11.9 Å². The Kier molecular flexibility index (Phi) is 4.79. The molecule has 0 aromatic carbocycles. The summed E-state index contributed by atoms with van der Waals surface area (Å²) in [5.74, 6) is -1.68. The first kappa shape index (κ1) is 14.1. The molecule has 0 unspecified atom stereocenters. The number of amides is 1. The van der Waals surface area contributed by atoms with Gasteiger partial charge in [0.2, 0.25) is 0 Å². The van der Waals surface area contributed by atoms with Crippen molar-refractivity contribution in [3.05, 3.63) is 29.6 Å². The lowest BCUT2D eigenvalue weighted by Crippen LogP contribution is -2.40. The molecule has 0 saturated heterocycles. The van der Waals surface area contributed by atoms with Gasteiger partial charge in [-0.1, -0.05) is 0 Å². The molecule has 0 spiro atoms. The minimum atomic E-state index is -1.20. The number of aliphatic hydroxyl groups is 1. The number of carboxylic acid groups (broad SMARTS) is 1. The van der Waals surface area contributed by atoms with Crippen LogP contribution in [0.15, 0.2) is 18.3 Å². The Labute approximate surface area is 105 Å². The highest BCUT2D eigenvalue weighted by Crippen LogP contribution is 2.11. The fraction of sp³-hybridized carbons (Fsp3) is 0.417. The summed E-state index contributed by atoms with van der Waals surface area (Å²) in [4.78, 5) is 28.4. The third-order valence-electron chi connectivity index (χ3n) is 2.47. The van der Waals surface area contributed by atoms with Gasteiger partial charge in [0.25, 0.3) is 5.91 Å². The zero-order valence-electron chi connectivity index (χ0n) is 10.3. The van der Waals surface area contributed by atoms with Gasteiger partial charge in [0, 0.05) is 18.8 Å². The van der Waals surface area contributed by atoms with Crippen LogP contribution in [0.2, 0.25) is 0 Å². The normalized spacial score (nSPS) is 10.4. The van der Waals surface area contributed by atoms with Crippen molar-refractivity contribution >= 4 is 11.9 Å². The molecule has 6 heteroatoms. The van der Waals surface area contributed by atoms with Crippen molar-refractivity contribution in [1.82, 2.24) is 9.88 Å². The van der Waals surface area contributed by atoms with Crippen LogP contribution in [0.5, 0.6) is 0 Å². The monoisotopic (exact) mass is 252 g/mol. The maximum Gasteiger partial charge on any atom is 0.338 e. The first-order valence-corrected chi connectivity index (χ1v) is 5.59. The van der Waals surface area contributed by atoms with Gasteiger partial charge in [-0.05, 0) is 26.0 Å². The van der Waals surface area contributed by atoms with Gasteiger partial charge in [-0.15, -0.1) is 0 Å². The zero-order chi connectivity index (χ0) is 13.7. The number of hydrogen-bond acceptors (Lipinski definition) is 4. The van der Waals surface area contributed by atoms with Gasteiger partial charge in [-0.25, -0.2) is 4.79 Å². The van der Waals surface area contributed by atoms with Gasteiger partial charge in [0.1, 0.15) is 5.69 Å². The molecule has 0 saturated carbocycles. The van der Waals surface area contributed by atoms with E-state index >= 15 is 0 Å². The van der Waals surface area contributed by atoms with Crippen LogP contribution >= 0.6 is 0 Å². The van der Waals surface area contributed by atoms with Crippen LogP contribution < -0.4 is 0 Å². The maximum absolute atomic E-state index is 12.2. The van der Waals surface area contributed by atoms with Crippen LogP contribution in [-0.2, 0) is 0 Å². The van der Waals surface area contributed by atoms with Crippen molar-refractivity contribution in [3.8, 4) is 0 Å². The number of aromatic carboxylic acids is 1. The number of carbonyl (C=O) groups is 2. The molecule has 0 aliphatic carbocycles. The van der Waals surface area contributed by atoms with Crippen LogP contribution in [0.3, 0.4) is 0 Å². The molecule has 1 heterocycles. The Morgan fingerprint density at radius 3 is 2.61 bits per heavy atom. The van der Waals surface area contributed by atoms with E-state index in [-0.39, 0.29) is 30.5 Å². The summed E-state index contributed by atoms with van der Waals surface area (Å²) in [6, 6.07) is 2.65. The number of aromatic nitrogens is 1. The Morgan fingerprint density at radius 2 is 2.11 bits per heavy atom. The first-order chi connectivity index (χ1) is 8.49. The molecule has 18 heavy (non-hydrogen) atoms. The first-order valence-electron chi connectivity index (χ1n) is 5.59. The van der Waals surface area contributed by atoms with Crippen LogP contribution in [0.4, 0.5) is 0 Å². The number of pyridine rings is 1. The van der Waals surface area contributed by atoms with E-state index in [9.17, 15) is 9.59 Å². The number of nitrogens with zero attached hydrogens (tertiary/aromatic N) is 2. The SMILES string of the molecule is CC(C)N(CCO)C(=O)c1ncccc1C(=O)O. The predicted octanol–water partition coefficient (Wildman–Crippen LogP) is 0.623. The van der Waals surface area contributed by atoms with Gasteiger partial charge in [-0.3, -0.25) is 9.78 Å². The topological polar surface area (TPSA) is 90.7 Å². The highest BCUT2D eigenvalue weighted by atomic mass is 16.4. The third kappa shape index (κ3) is 3.04. The van der Waals surface area contributed by atoms with E-state index in [2.05, 4.69) is 4.98 Å². The standard InChI is InChI=1S/C12H16N2O4/c1-8(2)14(6-7-15)11(16)10-9(12(17)18)4-3-5-13-10/h3-5,8,15H,6-7H2,1-2H3,(H,17,18). The molecule has 0 fully saturated rings. The average Bonchev–Trinajstić information content (AvgIpc) is 2.34. The van der Waals surface area contributed by atoms with E-state index in [1.54, 1.807) is 13.8 Å². The van der Waals surface area contributed by atoms with Crippen molar-refractivity contribution in [2.75, 3.05) is 13.2 Å². The molecular formula is C12H16N2O4. The second-order valence-corrected chi connectivity index (χ2v) is 4.02. The van der Waals surface area contributed by atoms with E-state index in [4.69, 9.17) is 10.2 Å². The molecule has 0 aliphatic rings. The van der Waals surface area contributed by atoms with Crippen LogP contribution in [0, 0.1) is 0 Å². The fourth-order valence-electron chi connectivity index (χ4n) is 1.59. The molecule has 0 bridgehead atoms. The van der Waals surface area contributed by atoms with E-state index in [1.807, 2.05) is 0 Å². The summed E-state index contributed by atoms with van der Waals surface area (Å²) >= 11 is 0. The van der Waals surface area contributed by atoms with Crippen molar-refractivity contribution in [3.63, 3.8) is 0 Å². The Morgan fingerprint density at radius 1 is 1.44 bits per heavy atom. The minimum absolute atomic E-state index is 0.104. The molecule has 1 aromatic rings. The molecule has 0 radical (unpaired) electrons. The Balaban J connectivity index is 3.12. The van der Waals surface area contributed by atoms with Crippen LogP contribution in [0.25, 0.3) is 0 Å². The summed E-state index contributed by atoms with van der Waals surface area (Å²) in [6.45, 7) is 3.54. The van der Waals surface area contributed by atoms with E-state index in [0.29, 0.717) is 0 Å². The fourth-order valence-corrected chi connectivity index (χ4v) is 1.59. The second-order valence-electron chi connectivity index (χ2n) is 4.02. The zero-order valence-corrected chi connectivity index (χ0v) is 10.3. The highest BCUT2D eigenvalue weighted by molar-refractivity contribution is 6.03. The summed E-state index contributed by atoms with van der Waals surface area (Å²) < 4.78 is 0. The van der Waals surface area contributed by atoms with Crippen LogP contribution in [-0.4, -0.2) is 51.2 Å². The largest absolute Gasteiger partial charge is 0.478 e. The van der Waals surface area contributed by atoms with Gasteiger partial charge >= 0.3 is 5.97 Å². The summed E-state index contributed by atoms with van der Waals surface area (Å²) in [5.41, 5.74) is -0.238. The molecule has 1 rings (SSSR count). The molecule has 0 atom stereocenters. The number of rotatable bonds is 5. The maximum atomic E-state index is 12.2. The summed E-state index contributed by atoms with van der Waals surface area (Å²) in [7, 11) is 0. The highest BCUT2D eigenvalue weighted by Gasteiger charge is 2.24. The number of hydrogen-bond donors (Lipinski definition) is 2. The van der Waals surface area contributed by atoms with Crippen molar-refractivity contribution < 1.29 is 19.8 Å². The van der Waals surface area contributed by atoms with Crippen LogP contribution in [0.1, 0.15) is 34.7 Å². The molecule has 1 amide bonds. The van der Waals surface area contributed by atoms with Crippen molar-refractivity contribution in [1.29, 1.82) is 0 Å². The van der Waals surface area contributed by atoms with Gasteiger partial charge in [-0.2, -0.15) is 0 Å². The lowest BCUT2D eigenvalue weighted by atomic mass is 10.1. The lowest BCUT2D eigenvalue weighted by Gasteiger charge is -2.25. The quantitative estimate of drug-likeness (QED) is 0.801. The Bertz CT molecular complexity index is 445. The molecule has 98 valence electrons. The van der Waals surface area contributed by atoms with E-state index in [0.717, 1.165) is 0 Å². The second kappa shape index (κ2) is 6.11. The number of carbonyl (C=O) groups excluding carboxylic acids is 1. The summed E-state index contributed by atoms with van der Waals surface area (Å²) in [5, 5.41) is 17.9. The minimum Gasteiger partial charge on any atom is -0.478 e.